The molecule has 15 heavy (non-hydrogen) atoms. The van der Waals surface area contributed by atoms with Crippen LogP contribution < -0.4 is 0 Å². The first kappa shape index (κ1) is 11.6. The van der Waals surface area contributed by atoms with Gasteiger partial charge in [0.1, 0.15) is 0 Å². The molecule has 0 aliphatic heterocycles. The second kappa shape index (κ2) is 3.93. The summed E-state index contributed by atoms with van der Waals surface area (Å²) in [6.07, 6.45) is 2.20. The van der Waals surface area contributed by atoms with Crippen LogP contribution in [0, 0.1) is 0 Å². The Bertz CT molecular complexity index is 483. The summed E-state index contributed by atoms with van der Waals surface area (Å²) in [6.45, 7) is 1.43. The first-order chi connectivity index (χ1) is 6.82. The molecule has 0 saturated heterocycles. The van der Waals surface area contributed by atoms with E-state index in [1.54, 1.807) is 0 Å². The SMILES string of the molecule is CC(C(=O)O)c1ccnc(S(C)(=O)=O)n1. The van der Waals surface area contributed by atoms with Crippen LogP contribution in [-0.4, -0.2) is 35.7 Å². The Kier molecular flexibility index (Phi) is 3.04. The third-order valence-electron chi connectivity index (χ3n) is 1.80. The topological polar surface area (TPSA) is 97.2 Å². The van der Waals surface area contributed by atoms with E-state index in [9.17, 15) is 13.2 Å². The summed E-state index contributed by atoms with van der Waals surface area (Å²) in [4.78, 5) is 17.9. The van der Waals surface area contributed by atoms with Crippen molar-refractivity contribution in [3.8, 4) is 0 Å². The summed E-state index contributed by atoms with van der Waals surface area (Å²) in [5.74, 6) is -1.92. The Morgan fingerprint density at radius 3 is 2.60 bits per heavy atom. The molecule has 0 aliphatic rings. The average Bonchev–Trinajstić information content (AvgIpc) is 2.15. The molecular formula is C8H10N2O4S. The van der Waals surface area contributed by atoms with Gasteiger partial charge in [0.25, 0.3) is 0 Å². The van der Waals surface area contributed by atoms with Crippen LogP contribution in [0.5, 0.6) is 0 Å². The summed E-state index contributed by atoms with van der Waals surface area (Å²) < 4.78 is 22.2. The van der Waals surface area contributed by atoms with Gasteiger partial charge in [0, 0.05) is 12.5 Å². The van der Waals surface area contributed by atoms with Crippen molar-refractivity contribution >= 4 is 15.8 Å². The maximum atomic E-state index is 11.1. The highest BCUT2D eigenvalue weighted by Crippen LogP contribution is 2.13. The van der Waals surface area contributed by atoms with Gasteiger partial charge < -0.3 is 5.11 Å². The highest BCUT2D eigenvalue weighted by atomic mass is 32.2. The summed E-state index contributed by atoms with van der Waals surface area (Å²) in [5, 5.41) is 8.37. The minimum Gasteiger partial charge on any atom is -0.481 e. The zero-order valence-electron chi connectivity index (χ0n) is 8.21. The van der Waals surface area contributed by atoms with E-state index < -0.39 is 21.7 Å². The fourth-order valence-electron chi connectivity index (χ4n) is 0.900. The first-order valence-electron chi connectivity index (χ1n) is 4.08. The van der Waals surface area contributed by atoms with E-state index in [1.165, 1.54) is 19.2 Å². The van der Waals surface area contributed by atoms with Crippen molar-refractivity contribution in [1.29, 1.82) is 0 Å². The van der Waals surface area contributed by atoms with E-state index in [4.69, 9.17) is 5.11 Å². The van der Waals surface area contributed by atoms with Gasteiger partial charge in [-0.3, -0.25) is 4.79 Å². The Hall–Kier alpha value is -1.50. The van der Waals surface area contributed by atoms with E-state index in [2.05, 4.69) is 9.97 Å². The third kappa shape index (κ3) is 2.72. The highest BCUT2D eigenvalue weighted by molar-refractivity contribution is 7.90. The minimum atomic E-state index is -3.50. The maximum Gasteiger partial charge on any atom is 0.312 e. The van der Waals surface area contributed by atoms with Crippen molar-refractivity contribution in [2.75, 3.05) is 6.26 Å². The Balaban J connectivity index is 3.20. The second-order valence-electron chi connectivity index (χ2n) is 3.10. The number of sulfone groups is 1. The van der Waals surface area contributed by atoms with Crippen LogP contribution in [0.25, 0.3) is 0 Å². The highest BCUT2D eigenvalue weighted by Gasteiger charge is 2.18. The van der Waals surface area contributed by atoms with E-state index in [1.807, 2.05) is 0 Å². The minimum absolute atomic E-state index is 0.179. The van der Waals surface area contributed by atoms with Crippen LogP contribution in [0.4, 0.5) is 0 Å². The van der Waals surface area contributed by atoms with Gasteiger partial charge in [-0.15, -0.1) is 0 Å². The van der Waals surface area contributed by atoms with Crippen molar-refractivity contribution in [2.45, 2.75) is 18.0 Å². The average molecular weight is 230 g/mol. The Labute approximate surface area is 86.9 Å². The molecule has 1 aromatic rings. The lowest BCUT2D eigenvalue weighted by molar-refractivity contribution is -0.138. The summed E-state index contributed by atoms with van der Waals surface area (Å²) in [7, 11) is -3.50. The third-order valence-corrected chi connectivity index (χ3v) is 2.66. The molecule has 0 bridgehead atoms. The molecule has 82 valence electrons. The molecule has 1 N–H and O–H groups in total. The van der Waals surface area contributed by atoms with Crippen molar-refractivity contribution in [3.63, 3.8) is 0 Å². The van der Waals surface area contributed by atoms with Crippen molar-refractivity contribution in [1.82, 2.24) is 9.97 Å². The molecule has 0 fully saturated rings. The molecule has 0 aliphatic carbocycles. The van der Waals surface area contributed by atoms with Crippen molar-refractivity contribution in [2.24, 2.45) is 0 Å². The van der Waals surface area contributed by atoms with Crippen LogP contribution in [0.1, 0.15) is 18.5 Å². The number of hydrogen-bond donors (Lipinski definition) is 1. The molecule has 6 nitrogen and oxygen atoms in total. The van der Waals surface area contributed by atoms with E-state index in [-0.39, 0.29) is 10.9 Å². The predicted molar refractivity (Wildman–Crippen MR) is 51.2 cm³/mol. The lowest BCUT2D eigenvalue weighted by Gasteiger charge is -2.05. The standard InChI is InChI=1S/C8H10N2O4S/c1-5(7(11)12)6-3-4-9-8(10-6)15(2,13)14/h3-5H,1-2H3,(H,11,12). The lowest BCUT2D eigenvalue weighted by Crippen LogP contribution is -2.12. The van der Waals surface area contributed by atoms with Gasteiger partial charge in [-0.2, -0.15) is 0 Å². The zero-order chi connectivity index (χ0) is 11.6. The molecule has 1 unspecified atom stereocenters. The number of carboxylic acid groups (broad SMARTS) is 1. The summed E-state index contributed by atoms with van der Waals surface area (Å²) in [5.41, 5.74) is 0.179. The smallest absolute Gasteiger partial charge is 0.312 e. The summed E-state index contributed by atoms with van der Waals surface area (Å²) >= 11 is 0. The van der Waals surface area contributed by atoms with Gasteiger partial charge in [-0.05, 0) is 13.0 Å². The molecule has 1 heterocycles. The largest absolute Gasteiger partial charge is 0.481 e. The number of nitrogens with zero attached hydrogens (tertiary/aromatic N) is 2. The molecule has 0 radical (unpaired) electrons. The fraction of sp³-hybridized carbons (Fsp3) is 0.375. The van der Waals surface area contributed by atoms with Gasteiger partial charge in [-0.1, -0.05) is 0 Å². The van der Waals surface area contributed by atoms with Crippen LogP contribution in [-0.2, 0) is 14.6 Å². The van der Waals surface area contributed by atoms with Gasteiger partial charge >= 0.3 is 5.97 Å². The van der Waals surface area contributed by atoms with Gasteiger partial charge in [0.15, 0.2) is 0 Å². The van der Waals surface area contributed by atoms with Crippen molar-refractivity contribution in [3.05, 3.63) is 18.0 Å². The molecule has 1 aromatic heterocycles. The van der Waals surface area contributed by atoms with Crippen LogP contribution >= 0.6 is 0 Å². The number of aliphatic carboxylic acids is 1. The number of rotatable bonds is 3. The van der Waals surface area contributed by atoms with Gasteiger partial charge in [-0.25, -0.2) is 18.4 Å². The molecule has 7 heteroatoms. The van der Waals surface area contributed by atoms with Crippen LogP contribution in [0.3, 0.4) is 0 Å². The monoisotopic (exact) mass is 230 g/mol. The molecule has 1 atom stereocenters. The number of carboxylic acids is 1. The van der Waals surface area contributed by atoms with E-state index in [0.29, 0.717) is 0 Å². The number of aromatic nitrogens is 2. The fourth-order valence-corrected chi connectivity index (χ4v) is 1.42. The van der Waals surface area contributed by atoms with Gasteiger partial charge in [0.2, 0.25) is 15.0 Å². The number of carbonyl (C=O) groups is 1. The predicted octanol–water partition coefficient (Wildman–Crippen LogP) is 0.0682. The summed E-state index contributed by atoms with van der Waals surface area (Å²) in [6, 6.07) is 1.38. The first-order valence-corrected chi connectivity index (χ1v) is 5.97. The lowest BCUT2D eigenvalue weighted by atomic mass is 10.1. The van der Waals surface area contributed by atoms with Crippen LogP contribution in [0.2, 0.25) is 0 Å². The molecule has 0 spiro atoms. The maximum absolute atomic E-state index is 11.1. The quantitative estimate of drug-likeness (QED) is 0.738. The Morgan fingerprint density at radius 2 is 2.13 bits per heavy atom. The number of hydrogen-bond acceptors (Lipinski definition) is 5. The second-order valence-corrected chi connectivity index (χ2v) is 5.01. The zero-order valence-corrected chi connectivity index (χ0v) is 9.02. The normalized spacial score (nSPS) is 13.5. The molecule has 0 amide bonds. The molecule has 0 saturated carbocycles. The van der Waals surface area contributed by atoms with E-state index >= 15 is 0 Å². The van der Waals surface area contributed by atoms with Gasteiger partial charge in [0.05, 0.1) is 11.6 Å². The van der Waals surface area contributed by atoms with Crippen LogP contribution in [0.15, 0.2) is 17.4 Å². The van der Waals surface area contributed by atoms with E-state index in [0.717, 1.165) is 6.26 Å². The molecule has 0 aromatic carbocycles. The molecule has 1 rings (SSSR count). The Morgan fingerprint density at radius 1 is 1.53 bits per heavy atom. The van der Waals surface area contributed by atoms with Crippen molar-refractivity contribution < 1.29 is 18.3 Å². The molecular weight excluding hydrogens is 220 g/mol.